The Balaban J connectivity index is 2.75. The third-order valence-electron chi connectivity index (χ3n) is 1.49. The van der Waals surface area contributed by atoms with E-state index in [4.69, 9.17) is 9.29 Å². The molecule has 70 valence electrons. The molecule has 13 heavy (non-hydrogen) atoms. The second-order valence-corrected chi connectivity index (χ2v) is 3.18. The average molecular weight is 198 g/mol. The zero-order chi connectivity index (χ0) is 9.68. The van der Waals surface area contributed by atoms with Gasteiger partial charge in [0.2, 0.25) is 0 Å². The van der Waals surface area contributed by atoms with E-state index in [1.54, 1.807) is 25.3 Å². The number of ether oxygens (including phenoxy) is 1. The normalized spacial score (nSPS) is 13.1. The summed E-state index contributed by atoms with van der Waals surface area (Å²) in [5.74, 6) is 0.766. The molecule has 1 N–H and O–H groups in total. The van der Waals surface area contributed by atoms with Crippen LogP contribution in [-0.2, 0) is 11.1 Å². The quantitative estimate of drug-likeness (QED) is 0.754. The topological polar surface area (TPSA) is 46.5 Å². The van der Waals surface area contributed by atoms with Gasteiger partial charge in [-0.3, -0.25) is 0 Å². The fourth-order valence-electron chi connectivity index (χ4n) is 0.852. The van der Waals surface area contributed by atoms with Gasteiger partial charge in [-0.05, 0) is 23.8 Å². The summed E-state index contributed by atoms with van der Waals surface area (Å²) in [7, 11) is 1.59. The van der Waals surface area contributed by atoms with Crippen molar-refractivity contribution in [1.29, 1.82) is 0 Å². The van der Waals surface area contributed by atoms with Crippen LogP contribution in [0.4, 0.5) is 0 Å². The van der Waals surface area contributed by atoms with Crippen molar-refractivity contribution in [3.05, 3.63) is 35.2 Å². The Labute approximate surface area is 79.3 Å². The van der Waals surface area contributed by atoms with Crippen LogP contribution in [0.25, 0.3) is 6.08 Å². The van der Waals surface area contributed by atoms with Crippen molar-refractivity contribution in [3.8, 4) is 5.75 Å². The molecule has 0 saturated carbocycles. The zero-order valence-corrected chi connectivity index (χ0v) is 7.95. The molecule has 0 saturated heterocycles. The Hall–Kier alpha value is -1.13. The summed E-state index contributed by atoms with van der Waals surface area (Å²) in [4.78, 5) is 0. The van der Waals surface area contributed by atoms with Gasteiger partial charge >= 0.3 is 0 Å². The van der Waals surface area contributed by atoms with E-state index in [2.05, 4.69) is 0 Å². The van der Waals surface area contributed by atoms with Crippen molar-refractivity contribution in [3.63, 3.8) is 0 Å². The smallest absolute Gasteiger partial charge is 0.178 e. The number of methoxy groups -OCH3 is 1. The fourth-order valence-corrected chi connectivity index (χ4v) is 1.13. The Kier molecular flexibility index (Phi) is 3.67. The third-order valence-corrected chi connectivity index (χ3v) is 1.86. The lowest BCUT2D eigenvalue weighted by atomic mass is 10.2. The Morgan fingerprint density at radius 1 is 1.38 bits per heavy atom. The first kappa shape index (κ1) is 9.95. The second kappa shape index (κ2) is 4.79. The minimum Gasteiger partial charge on any atom is -0.497 e. The minimum absolute atomic E-state index is 0.766. The number of rotatable bonds is 3. The minimum atomic E-state index is -1.89. The van der Waals surface area contributed by atoms with Crippen LogP contribution in [-0.4, -0.2) is 15.9 Å². The van der Waals surface area contributed by atoms with Crippen molar-refractivity contribution in [2.75, 3.05) is 7.11 Å². The first-order valence-corrected chi connectivity index (χ1v) is 4.81. The van der Waals surface area contributed by atoms with E-state index >= 15 is 0 Å². The molecule has 0 radical (unpaired) electrons. The first-order chi connectivity index (χ1) is 6.22. The van der Waals surface area contributed by atoms with E-state index in [1.165, 1.54) is 5.41 Å². The lowest BCUT2D eigenvalue weighted by Gasteiger charge is -1.98. The van der Waals surface area contributed by atoms with Crippen LogP contribution >= 0.6 is 0 Å². The highest BCUT2D eigenvalue weighted by Crippen LogP contribution is 2.12. The predicted molar refractivity (Wildman–Crippen MR) is 52.8 cm³/mol. The molecule has 0 heterocycles. The van der Waals surface area contributed by atoms with E-state index in [0.29, 0.717) is 0 Å². The van der Waals surface area contributed by atoms with Crippen LogP contribution in [0.5, 0.6) is 5.75 Å². The average Bonchev–Trinajstić information content (AvgIpc) is 2.15. The molecule has 0 aliphatic carbocycles. The molecule has 1 unspecified atom stereocenters. The molecular weight excluding hydrogens is 188 g/mol. The Morgan fingerprint density at radius 2 is 2.00 bits per heavy atom. The molecule has 0 bridgehead atoms. The van der Waals surface area contributed by atoms with Crippen LogP contribution in [0.1, 0.15) is 5.56 Å². The monoisotopic (exact) mass is 198 g/mol. The Bertz CT molecular complexity index is 316. The summed E-state index contributed by atoms with van der Waals surface area (Å²) in [5, 5.41) is 1.21. The van der Waals surface area contributed by atoms with Crippen LogP contribution < -0.4 is 4.74 Å². The van der Waals surface area contributed by atoms with Crippen molar-refractivity contribution < 1.29 is 13.5 Å². The van der Waals surface area contributed by atoms with Gasteiger partial charge in [0.05, 0.1) is 7.11 Å². The lowest BCUT2D eigenvalue weighted by molar-refractivity contribution is 0.415. The molecule has 0 aliphatic rings. The molecule has 0 fully saturated rings. The Morgan fingerprint density at radius 3 is 2.46 bits per heavy atom. The van der Waals surface area contributed by atoms with Crippen LogP contribution in [0.15, 0.2) is 29.7 Å². The highest BCUT2D eigenvalue weighted by Gasteiger charge is 1.90. The van der Waals surface area contributed by atoms with Gasteiger partial charge < -0.3 is 9.29 Å². The molecule has 1 aromatic carbocycles. The molecule has 0 aliphatic heterocycles. The van der Waals surface area contributed by atoms with Gasteiger partial charge in [-0.1, -0.05) is 12.1 Å². The summed E-state index contributed by atoms with van der Waals surface area (Å²) in [5.41, 5.74) is 0.864. The molecular formula is C9H10O3S. The number of benzene rings is 1. The van der Waals surface area contributed by atoms with Crippen LogP contribution in [0, 0.1) is 0 Å². The summed E-state index contributed by atoms with van der Waals surface area (Å²) in [6, 6.07) is 7.20. The fraction of sp³-hybridized carbons (Fsp3) is 0.111. The van der Waals surface area contributed by atoms with Gasteiger partial charge in [0.1, 0.15) is 5.75 Å². The third kappa shape index (κ3) is 3.40. The van der Waals surface area contributed by atoms with Gasteiger partial charge in [-0.15, -0.1) is 0 Å². The van der Waals surface area contributed by atoms with Gasteiger partial charge in [0, 0.05) is 5.41 Å². The molecule has 1 atom stereocenters. The summed E-state index contributed by atoms with van der Waals surface area (Å²) >= 11 is -1.89. The second-order valence-electron chi connectivity index (χ2n) is 2.35. The molecule has 0 spiro atoms. The highest BCUT2D eigenvalue weighted by atomic mass is 32.2. The van der Waals surface area contributed by atoms with E-state index in [1.807, 2.05) is 12.1 Å². The van der Waals surface area contributed by atoms with Crippen molar-refractivity contribution >= 4 is 17.2 Å². The standard InChI is InChI=1S/C9H10O3S/c1-12-9-4-2-8(3-5-9)6-7-13(10)11/h2-7H,1H3,(H,10,11)/b7-6+. The SMILES string of the molecule is COc1ccc(/C=C/S(=O)O)cc1. The maximum absolute atomic E-state index is 10.3. The van der Waals surface area contributed by atoms with E-state index < -0.39 is 11.1 Å². The van der Waals surface area contributed by atoms with Gasteiger partial charge in [-0.25, -0.2) is 4.21 Å². The highest BCUT2D eigenvalue weighted by molar-refractivity contribution is 7.82. The summed E-state index contributed by atoms with van der Waals surface area (Å²) in [6.07, 6.45) is 1.58. The van der Waals surface area contributed by atoms with Gasteiger partial charge in [-0.2, -0.15) is 0 Å². The summed E-state index contributed by atoms with van der Waals surface area (Å²) < 4.78 is 23.7. The molecule has 4 heteroatoms. The molecule has 0 amide bonds. The van der Waals surface area contributed by atoms with Crippen molar-refractivity contribution in [2.24, 2.45) is 0 Å². The molecule has 1 rings (SSSR count). The van der Waals surface area contributed by atoms with Crippen molar-refractivity contribution in [1.82, 2.24) is 0 Å². The molecule has 1 aromatic rings. The van der Waals surface area contributed by atoms with E-state index in [0.717, 1.165) is 11.3 Å². The predicted octanol–water partition coefficient (Wildman–Crippen LogP) is 1.89. The number of hydrogen-bond acceptors (Lipinski definition) is 2. The van der Waals surface area contributed by atoms with E-state index in [9.17, 15) is 4.21 Å². The number of hydrogen-bond donors (Lipinski definition) is 1. The van der Waals surface area contributed by atoms with E-state index in [-0.39, 0.29) is 0 Å². The maximum Gasteiger partial charge on any atom is 0.178 e. The van der Waals surface area contributed by atoms with Crippen molar-refractivity contribution in [2.45, 2.75) is 0 Å². The molecule has 0 aromatic heterocycles. The summed E-state index contributed by atoms with van der Waals surface area (Å²) in [6.45, 7) is 0. The lowest BCUT2D eigenvalue weighted by Crippen LogP contribution is -1.82. The zero-order valence-electron chi connectivity index (χ0n) is 7.14. The molecule has 3 nitrogen and oxygen atoms in total. The largest absolute Gasteiger partial charge is 0.497 e. The van der Waals surface area contributed by atoms with Crippen LogP contribution in [0.2, 0.25) is 0 Å². The first-order valence-electron chi connectivity index (χ1n) is 3.64. The van der Waals surface area contributed by atoms with Crippen LogP contribution in [0.3, 0.4) is 0 Å². The maximum atomic E-state index is 10.3. The van der Waals surface area contributed by atoms with Gasteiger partial charge in [0.25, 0.3) is 0 Å². The van der Waals surface area contributed by atoms with Gasteiger partial charge in [0.15, 0.2) is 11.1 Å².